The molecule has 4 saturated carbocycles. The van der Waals surface area contributed by atoms with Crippen molar-refractivity contribution in [3.63, 3.8) is 0 Å². The molecule has 5 rings (SSSR count). The van der Waals surface area contributed by atoms with Gasteiger partial charge in [0.05, 0.1) is 0 Å². The van der Waals surface area contributed by atoms with Gasteiger partial charge < -0.3 is 15.1 Å². The smallest absolute Gasteiger partial charge is 0.266 e. The quantitative estimate of drug-likeness (QED) is 0.616. The fourth-order valence-corrected chi connectivity index (χ4v) is 6.05. The van der Waals surface area contributed by atoms with Crippen LogP contribution in [0, 0.1) is 29.1 Å². The molecule has 6 heteroatoms. The van der Waals surface area contributed by atoms with E-state index < -0.39 is 0 Å². The highest BCUT2D eigenvalue weighted by Gasteiger charge is 2.50. The molecule has 26 heavy (non-hydrogen) atoms. The van der Waals surface area contributed by atoms with Crippen LogP contribution in [0.2, 0.25) is 0 Å². The number of rotatable bonds is 3. The van der Waals surface area contributed by atoms with Gasteiger partial charge in [-0.25, -0.2) is 0 Å². The van der Waals surface area contributed by atoms with Crippen LogP contribution in [0.4, 0.5) is 0 Å². The minimum Gasteiger partial charge on any atom is -0.384 e. The Morgan fingerprint density at radius 1 is 1.00 bits per heavy atom. The number of amides is 2. The van der Waals surface area contributed by atoms with E-state index in [4.69, 9.17) is 0 Å². The summed E-state index contributed by atoms with van der Waals surface area (Å²) in [5.41, 5.74) is 0.293. The third-order valence-corrected chi connectivity index (χ3v) is 6.92. The zero-order chi connectivity index (χ0) is 18.3. The third kappa shape index (κ3) is 3.20. The van der Waals surface area contributed by atoms with Gasteiger partial charge in [-0.1, -0.05) is 0 Å². The minimum atomic E-state index is -0.215. The van der Waals surface area contributed by atoms with Gasteiger partial charge in [-0.2, -0.15) is 5.26 Å². The molecular formula is C20H28N4O2. The Bertz CT molecular complexity index is 635. The van der Waals surface area contributed by atoms with Crippen LogP contribution in [-0.2, 0) is 9.59 Å². The molecule has 0 aromatic carbocycles. The number of nitrogens with zero attached hydrogens (tertiary/aromatic N) is 3. The number of hydrogen-bond donors (Lipinski definition) is 1. The van der Waals surface area contributed by atoms with Crippen molar-refractivity contribution >= 4 is 11.8 Å². The SMILES string of the molecule is CC(=O)N1CCN(C(=O)/C(C#N)=C\NC23CC4CC(CC(C4)C2)C3)CC1. The monoisotopic (exact) mass is 356 g/mol. The molecule has 0 unspecified atom stereocenters. The van der Waals surface area contributed by atoms with Crippen LogP contribution in [-0.4, -0.2) is 53.3 Å². The number of carbonyl (C=O) groups is 2. The predicted molar refractivity (Wildman–Crippen MR) is 96.6 cm³/mol. The highest BCUT2D eigenvalue weighted by Crippen LogP contribution is 2.55. The lowest BCUT2D eigenvalue weighted by molar-refractivity contribution is -0.136. The van der Waals surface area contributed by atoms with Crippen LogP contribution in [0.1, 0.15) is 45.4 Å². The normalized spacial score (nSPS) is 36.0. The number of nitriles is 1. The molecule has 1 saturated heterocycles. The predicted octanol–water partition coefficient (Wildman–Crippen LogP) is 1.64. The first-order valence-corrected chi connectivity index (χ1v) is 9.91. The summed E-state index contributed by atoms with van der Waals surface area (Å²) in [5, 5.41) is 13.0. The van der Waals surface area contributed by atoms with Crippen molar-refractivity contribution in [2.24, 2.45) is 17.8 Å². The molecule has 1 aliphatic heterocycles. The summed E-state index contributed by atoms with van der Waals surface area (Å²) in [6.45, 7) is 3.63. The van der Waals surface area contributed by atoms with Gasteiger partial charge in [-0.3, -0.25) is 9.59 Å². The second-order valence-electron chi connectivity index (χ2n) is 8.81. The van der Waals surface area contributed by atoms with Crippen molar-refractivity contribution < 1.29 is 9.59 Å². The molecule has 0 atom stereocenters. The highest BCUT2D eigenvalue weighted by atomic mass is 16.2. The van der Waals surface area contributed by atoms with Crippen LogP contribution in [0.5, 0.6) is 0 Å². The van der Waals surface area contributed by atoms with E-state index in [-0.39, 0.29) is 22.9 Å². The van der Waals surface area contributed by atoms with Gasteiger partial charge in [0.2, 0.25) is 5.91 Å². The van der Waals surface area contributed by atoms with Gasteiger partial charge in [-0.15, -0.1) is 0 Å². The maximum atomic E-state index is 12.7. The van der Waals surface area contributed by atoms with Crippen molar-refractivity contribution in [3.05, 3.63) is 11.8 Å². The largest absolute Gasteiger partial charge is 0.384 e. The molecule has 1 heterocycles. The van der Waals surface area contributed by atoms with Crippen LogP contribution in [0.3, 0.4) is 0 Å². The first kappa shape index (κ1) is 17.4. The fourth-order valence-electron chi connectivity index (χ4n) is 6.05. The molecule has 0 radical (unpaired) electrons. The second-order valence-corrected chi connectivity index (χ2v) is 8.81. The number of piperazine rings is 1. The van der Waals surface area contributed by atoms with E-state index in [1.165, 1.54) is 38.5 Å². The molecule has 140 valence electrons. The zero-order valence-corrected chi connectivity index (χ0v) is 15.5. The van der Waals surface area contributed by atoms with Gasteiger partial charge in [-0.05, 0) is 56.3 Å². The Kier molecular flexibility index (Phi) is 4.42. The first-order valence-electron chi connectivity index (χ1n) is 9.91. The van der Waals surface area contributed by atoms with Crippen molar-refractivity contribution in [3.8, 4) is 6.07 Å². The lowest BCUT2D eigenvalue weighted by Gasteiger charge is -2.57. The van der Waals surface area contributed by atoms with Gasteiger partial charge in [0.25, 0.3) is 5.91 Å². The van der Waals surface area contributed by atoms with Gasteiger partial charge in [0.1, 0.15) is 11.6 Å². The van der Waals surface area contributed by atoms with E-state index in [9.17, 15) is 14.9 Å². The molecule has 1 N–H and O–H groups in total. The van der Waals surface area contributed by atoms with Gasteiger partial charge in [0.15, 0.2) is 0 Å². The van der Waals surface area contributed by atoms with Crippen molar-refractivity contribution in [2.45, 2.75) is 51.0 Å². The van der Waals surface area contributed by atoms with E-state index in [0.29, 0.717) is 26.2 Å². The summed E-state index contributed by atoms with van der Waals surface area (Å²) < 4.78 is 0. The van der Waals surface area contributed by atoms with Crippen molar-refractivity contribution in [1.82, 2.24) is 15.1 Å². The van der Waals surface area contributed by atoms with Gasteiger partial charge >= 0.3 is 0 Å². The maximum absolute atomic E-state index is 12.7. The van der Waals surface area contributed by atoms with Crippen LogP contribution >= 0.6 is 0 Å². The Morgan fingerprint density at radius 3 is 1.96 bits per heavy atom. The summed E-state index contributed by atoms with van der Waals surface area (Å²) in [6, 6.07) is 2.09. The summed E-state index contributed by atoms with van der Waals surface area (Å²) in [7, 11) is 0. The van der Waals surface area contributed by atoms with E-state index in [1.54, 1.807) is 22.9 Å². The molecule has 4 bridgehead atoms. The second kappa shape index (κ2) is 6.61. The molecule has 6 nitrogen and oxygen atoms in total. The number of hydrogen-bond acceptors (Lipinski definition) is 4. The van der Waals surface area contributed by atoms with E-state index in [0.717, 1.165) is 17.8 Å². The zero-order valence-electron chi connectivity index (χ0n) is 15.5. The first-order chi connectivity index (χ1) is 12.5. The minimum absolute atomic E-state index is 0.0385. The van der Waals surface area contributed by atoms with Gasteiger partial charge in [0, 0.05) is 44.8 Å². The number of nitrogens with one attached hydrogen (secondary N) is 1. The van der Waals surface area contributed by atoms with Crippen molar-refractivity contribution in [2.75, 3.05) is 26.2 Å². The summed E-state index contributed by atoms with van der Waals surface area (Å²) >= 11 is 0. The van der Waals surface area contributed by atoms with E-state index in [1.807, 2.05) is 0 Å². The Hall–Kier alpha value is -2.03. The van der Waals surface area contributed by atoms with Crippen LogP contribution < -0.4 is 5.32 Å². The van der Waals surface area contributed by atoms with E-state index in [2.05, 4.69) is 11.4 Å². The van der Waals surface area contributed by atoms with Crippen molar-refractivity contribution in [1.29, 1.82) is 5.26 Å². The fraction of sp³-hybridized carbons (Fsp3) is 0.750. The molecule has 4 aliphatic carbocycles. The Balaban J connectivity index is 1.40. The van der Waals surface area contributed by atoms with Crippen LogP contribution in [0.15, 0.2) is 11.8 Å². The highest BCUT2D eigenvalue weighted by molar-refractivity contribution is 5.97. The molecule has 0 spiro atoms. The summed E-state index contributed by atoms with van der Waals surface area (Å²) in [6.07, 6.45) is 9.34. The molecule has 2 amide bonds. The molecule has 0 aromatic rings. The molecular weight excluding hydrogens is 328 g/mol. The van der Waals surface area contributed by atoms with E-state index >= 15 is 0 Å². The standard InChI is InChI=1S/C20H28N4O2/c1-14(25)23-2-4-24(5-3-23)19(26)18(12-21)13-22-20-9-15-6-16(10-20)8-17(7-15)11-20/h13,15-17,22H,2-11H2,1H3/b18-13-. The Morgan fingerprint density at radius 2 is 1.50 bits per heavy atom. The average molecular weight is 356 g/mol. The lowest BCUT2D eigenvalue weighted by atomic mass is 9.53. The average Bonchev–Trinajstić information content (AvgIpc) is 2.61. The summed E-state index contributed by atoms with van der Waals surface area (Å²) in [5.74, 6) is 2.29. The molecule has 0 aromatic heterocycles. The maximum Gasteiger partial charge on any atom is 0.266 e. The third-order valence-electron chi connectivity index (χ3n) is 6.92. The Labute approximate surface area is 155 Å². The molecule has 5 aliphatic rings. The number of carbonyl (C=O) groups excluding carboxylic acids is 2. The van der Waals surface area contributed by atoms with Crippen LogP contribution in [0.25, 0.3) is 0 Å². The lowest BCUT2D eigenvalue weighted by Crippen LogP contribution is -2.57. The topological polar surface area (TPSA) is 76.4 Å². The molecule has 5 fully saturated rings. The summed E-state index contributed by atoms with van der Waals surface area (Å²) in [4.78, 5) is 27.6.